The number of carbonyl (C=O) groups excluding carboxylic acids is 2. The largest absolute Gasteiger partial charge is 0.481 e. The van der Waals surface area contributed by atoms with Gasteiger partial charge in [-0.25, -0.2) is 4.79 Å². The molecule has 3 amide bonds. The number of aryl methyl sites for hydroxylation is 1. The van der Waals surface area contributed by atoms with Crippen LogP contribution in [0.15, 0.2) is 18.2 Å². The standard InChI is InChI=1S/C14H21N3O3/c1-8-5-6-12(11(7-8)9(2)16-4)20-10(3)13(18)17-14(15)19/h5-7,9-10,16H,1-4H3,(H3,15,17,18,19). The molecule has 0 aliphatic rings. The molecule has 20 heavy (non-hydrogen) atoms. The second-order valence-corrected chi connectivity index (χ2v) is 4.67. The van der Waals surface area contributed by atoms with E-state index < -0.39 is 18.0 Å². The summed E-state index contributed by atoms with van der Waals surface area (Å²) in [6.07, 6.45) is -0.812. The van der Waals surface area contributed by atoms with Crippen molar-refractivity contribution < 1.29 is 14.3 Å². The van der Waals surface area contributed by atoms with Crippen molar-refractivity contribution in [2.24, 2.45) is 5.73 Å². The number of imide groups is 1. The Bertz CT molecular complexity index is 502. The van der Waals surface area contributed by atoms with Crippen molar-refractivity contribution >= 4 is 11.9 Å². The van der Waals surface area contributed by atoms with E-state index in [-0.39, 0.29) is 6.04 Å². The van der Waals surface area contributed by atoms with Crippen molar-refractivity contribution in [2.45, 2.75) is 32.9 Å². The van der Waals surface area contributed by atoms with Gasteiger partial charge >= 0.3 is 6.03 Å². The number of primary amides is 1. The Labute approximate surface area is 118 Å². The number of rotatable bonds is 5. The molecule has 0 bridgehead atoms. The lowest BCUT2D eigenvalue weighted by Gasteiger charge is -2.20. The first-order chi connectivity index (χ1) is 9.35. The molecule has 0 radical (unpaired) electrons. The van der Waals surface area contributed by atoms with Crippen LogP contribution >= 0.6 is 0 Å². The van der Waals surface area contributed by atoms with Crippen LogP contribution in [0.25, 0.3) is 0 Å². The Morgan fingerprint density at radius 1 is 1.30 bits per heavy atom. The molecule has 0 saturated heterocycles. The normalized spacial score (nSPS) is 13.4. The number of hydrogen-bond acceptors (Lipinski definition) is 4. The minimum atomic E-state index is -0.891. The highest BCUT2D eigenvalue weighted by atomic mass is 16.5. The minimum absolute atomic E-state index is 0.0799. The van der Waals surface area contributed by atoms with Gasteiger partial charge in [-0.3, -0.25) is 10.1 Å². The fraction of sp³-hybridized carbons (Fsp3) is 0.429. The van der Waals surface area contributed by atoms with Crippen LogP contribution in [0, 0.1) is 6.92 Å². The predicted octanol–water partition coefficient (Wildman–Crippen LogP) is 1.24. The monoisotopic (exact) mass is 279 g/mol. The van der Waals surface area contributed by atoms with Gasteiger partial charge in [0.25, 0.3) is 5.91 Å². The van der Waals surface area contributed by atoms with Crippen molar-refractivity contribution in [3.8, 4) is 5.75 Å². The third kappa shape index (κ3) is 4.24. The lowest BCUT2D eigenvalue weighted by Crippen LogP contribution is -2.42. The van der Waals surface area contributed by atoms with Crippen molar-refractivity contribution in [1.29, 1.82) is 0 Å². The number of ether oxygens (including phenoxy) is 1. The molecule has 0 aliphatic carbocycles. The second-order valence-electron chi connectivity index (χ2n) is 4.67. The average molecular weight is 279 g/mol. The number of nitrogens with one attached hydrogen (secondary N) is 2. The molecular weight excluding hydrogens is 258 g/mol. The number of nitrogens with two attached hydrogens (primary N) is 1. The number of carbonyl (C=O) groups is 2. The third-order valence-corrected chi connectivity index (χ3v) is 2.98. The molecule has 0 spiro atoms. The molecule has 4 N–H and O–H groups in total. The molecule has 0 saturated carbocycles. The summed E-state index contributed by atoms with van der Waals surface area (Å²) in [5, 5.41) is 5.12. The molecule has 0 aliphatic heterocycles. The average Bonchev–Trinajstić information content (AvgIpc) is 2.38. The maximum Gasteiger partial charge on any atom is 0.318 e. The van der Waals surface area contributed by atoms with Crippen LogP contribution in [0.5, 0.6) is 5.75 Å². The molecular formula is C14H21N3O3. The maximum atomic E-state index is 11.6. The van der Waals surface area contributed by atoms with Gasteiger partial charge in [0, 0.05) is 11.6 Å². The van der Waals surface area contributed by atoms with E-state index in [1.807, 2.05) is 44.4 Å². The summed E-state index contributed by atoms with van der Waals surface area (Å²) in [5.41, 5.74) is 6.96. The lowest BCUT2D eigenvalue weighted by molar-refractivity contribution is -0.126. The summed E-state index contributed by atoms with van der Waals surface area (Å²) in [6, 6.07) is 4.90. The van der Waals surface area contributed by atoms with Crippen molar-refractivity contribution in [1.82, 2.24) is 10.6 Å². The van der Waals surface area contributed by atoms with Crippen LogP contribution < -0.4 is 21.1 Å². The molecule has 0 heterocycles. The van der Waals surface area contributed by atoms with E-state index in [0.29, 0.717) is 5.75 Å². The quantitative estimate of drug-likeness (QED) is 0.756. The first-order valence-corrected chi connectivity index (χ1v) is 6.40. The molecule has 110 valence electrons. The van der Waals surface area contributed by atoms with Gasteiger partial charge in [-0.1, -0.05) is 17.7 Å². The Hall–Kier alpha value is -2.08. The van der Waals surface area contributed by atoms with E-state index in [1.54, 1.807) is 6.92 Å². The first-order valence-electron chi connectivity index (χ1n) is 6.40. The van der Waals surface area contributed by atoms with Gasteiger partial charge in [0.15, 0.2) is 6.10 Å². The Morgan fingerprint density at radius 2 is 1.95 bits per heavy atom. The Balaban J connectivity index is 2.91. The van der Waals surface area contributed by atoms with E-state index in [1.165, 1.54) is 0 Å². The fourth-order valence-electron chi connectivity index (χ4n) is 1.74. The summed E-state index contributed by atoms with van der Waals surface area (Å²) in [6.45, 7) is 5.54. The lowest BCUT2D eigenvalue weighted by atomic mass is 10.0. The van der Waals surface area contributed by atoms with Crippen molar-refractivity contribution in [3.63, 3.8) is 0 Å². The van der Waals surface area contributed by atoms with Crippen molar-refractivity contribution in [2.75, 3.05) is 7.05 Å². The highest BCUT2D eigenvalue weighted by molar-refractivity contribution is 5.95. The van der Waals surface area contributed by atoms with E-state index in [4.69, 9.17) is 10.5 Å². The van der Waals surface area contributed by atoms with Crippen LogP contribution in [0.4, 0.5) is 4.79 Å². The smallest absolute Gasteiger partial charge is 0.318 e. The molecule has 0 fully saturated rings. The van der Waals surface area contributed by atoms with E-state index >= 15 is 0 Å². The summed E-state index contributed by atoms with van der Waals surface area (Å²) in [4.78, 5) is 22.3. The summed E-state index contributed by atoms with van der Waals surface area (Å²) in [5.74, 6) is 0.0331. The van der Waals surface area contributed by atoms with E-state index in [2.05, 4.69) is 5.32 Å². The first kappa shape index (κ1) is 16.0. The highest BCUT2D eigenvalue weighted by Crippen LogP contribution is 2.27. The predicted molar refractivity (Wildman–Crippen MR) is 76.5 cm³/mol. The Morgan fingerprint density at radius 3 is 2.50 bits per heavy atom. The summed E-state index contributed by atoms with van der Waals surface area (Å²) < 4.78 is 5.63. The Kier molecular flexibility index (Phi) is 5.52. The van der Waals surface area contributed by atoms with Gasteiger partial charge in [-0.15, -0.1) is 0 Å². The van der Waals surface area contributed by atoms with Crippen LogP contribution in [-0.2, 0) is 4.79 Å². The summed E-state index contributed by atoms with van der Waals surface area (Å²) >= 11 is 0. The van der Waals surface area contributed by atoms with Crippen molar-refractivity contribution in [3.05, 3.63) is 29.3 Å². The molecule has 6 nitrogen and oxygen atoms in total. The van der Waals surface area contributed by atoms with Crippen LogP contribution in [-0.4, -0.2) is 25.1 Å². The van der Waals surface area contributed by atoms with Gasteiger partial charge in [0.2, 0.25) is 0 Å². The molecule has 1 aromatic rings. The summed E-state index contributed by atoms with van der Waals surface area (Å²) in [7, 11) is 1.85. The van der Waals surface area contributed by atoms with E-state index in [9.17, 15) is 9.59 Å². The molecule has 0 aromatic heterocycles. The minimum Gasteiger partial charge on any atom is -0.481 e. The molecule has 1 rings (SSSR count). The molecule has 2 unspecified atom stereocenters. The number of hydrogen-bond donors (Lipinski definition) is 3. The zero-order chi connectivity index (χ0) is 15.3. The number of benzene rings is 1. The van der Waals surface area contributed by atoms with Gasteiger partial charge in [-0.2, -0.15) is 0 Å². The maximum absolute atomic E-state index is 11.6. The SMILES string of the molecule is CNC(C)c1cc(C)ccc1OC(C)C(=O)NC(N)=O. The zero-order valence-corrected chi connectivity index (χ0v) is 12.2. The third-order valence-electron chi connectivity index (χ3n) is 2.98. The van der Waals surface area contributed by atoms with Gasteiger partial charge < -0.3 is 15.8 Å². The van der Waals surface area contributed by atoms with Gasteiger partial charge in [0.05, 0.1) is 0 Å². The van der Waals surface area contributed by atoms with E-state index in [0.717, 1.165) is 11.1 Å². The van der Waals surface area contributed by atoms with Gasteiger partial charge in [-0.05, 0) is 33.9 Å². The highest BCUT2D eigenvalue weighted by Gasteiger charge is 2.19. The topological polar surface area (TPSA) is 93.4 Å². The fourth-order valence-corrected chi connectivity index (χ4v) is 1.74. The molecule has 1 aromatic carbocycles. The second kappa shape index (κ2) is 6.91. The van der Waals surface area contributed by atoms with Crippen LogP contribution in [0.3, 0.4) is 0 Å². The zero-order valence-electron chi connectivity index (χ0n) is 12.2. The van der Waals surface area contributed by atoms with Crippen LogP contribution in [0.2, 0.25) is 0 Å². The molecule has 2 atom stereocenters. The molecule has 6 heteroatoms. The number of urea groups is 1. The van der Waals surface area contributed by atoms with Crippen LogP contribution in [0.1, 0.15) is 31.0 Å². The number of amides is 3. The van der Waals surface area contributed by atoms with Gasteiger partial charge in [0.1, 0.15) is 5.75 Å².